The SMILES string of the molecule is Cl.Cn1cnc(CCNC(=O)N2CCCCC2C2(CN)CCC2)n1. The van der Waals surface area contributed by atoms with Crippen molar-refractivity contribution in [2.75, 3.05) is 19.6 Å². The number of halogens is 1. The number of nitrogens with zero attached hydrogens (tertiary/aromatic N) is 4. The number of carbonyl (C=O) groups excluding carboxylic acids is 1. The Morgan fingerprint density at radius 1 is 1.42 bits per heavy atom. The molecule has 1 aliphatic carbocycles. The fourth-order valence-corrected chi connectivity index (χ4v) is 4.00. The van der Waals surface area contributed by atoms with Crippen LogP contribution < -0.4 is 11.1 Å². The summed E-state index contributed by atoms with van der Waals surface area (Å²) in [5.41, 5.74) is 6.23. The fraction of sp³-hybridized carbons (Fsp3) is 0.812. The third kappa shape index (κ3) is 3.83. The number of carbonyl (C=O) groups is 1. The Morgan fingerprint density at radius 3 is 2.79 bits per heavy atom. The molecule has 8 heteroatoms. The Morgan fingerprint density at radius 2 is 2.21 bits per heavy atom. The molecule has 2 fully saturated rings. The van der Waals surface area contributed by atoms with Gasteiger partial charge < -0.3 is 16.0 Å². The molecule has 0 spiro atoms. The van der Waals surface area contributed by atoms with Gasteiger partial charge in [-0.15, -0.1) is 12.4 Å². The number of amides is 2. The summed E-state index contributed by atoms with van der Waals surface area (Å²) in [6, 6.07) is 0.355. The second-order valence-corrected chi connectivity index (χ2v) is 6.94. The quantitative estimate of drug-likeness (QED) is 0.836. The molecule has 0 bridgehead atoms. The van der Waals surface area contributed by atoms with Gasteiger partial charge in [0.05, 0.1) is 0 Å². The number of nitrogens with two attached hydrogens (primary N) is 1. The number of likely N-dealkylation sites (tertiary alicyclic amines) is 1. The zero-order valence-corrected chi connectivity index (χ0v) is 15.2. The van der Waals surface area contributed by atoms with Crippen molar-refractivity contribution in [2.45, 2.75) is 51.0 Å². The van der Waals surface area contributed by atoms with E-state index in [1.54, 1.807) is 11.0 Å². The Balaban J connectivity index is 0.00000208. The van der Waals surface area contributed by atoms with Crippen molar-refractivity contribution in [3.8, 4) is 0 Å². The highest BCUT2D eigenvalue weighted by atomic mass is 35.5. The Bertz CT molecular complexity index is 539. The van der Waals surface area contributed by atoms with E-state index in [0.29, 0.717) is 25.6 Å². The molecule has 2 amide bonds. The number of nitrogens with one attached hydrogen (secondary N) is 1. The van der Waals surface area contributed by atoms with Gasteiger partial charge >= 0.3 is 6.03 Å². The minimum Gasteiger partial charge on any atom is -0.338 e. The third-order valence-corrected chi connectivity index (χ3v) is 5.50. The second-order valence-electron chi connectivity index (χ2n) is 6.94. The Kier molecular flexibility index (Phi) is 6.46. The number of rotatable bonds is 5. The number of aromatic nitrogens is 3. The molecule has 2 heterocycles. The lowest BCUT2D eigenvalue weighted by Crippen LogP contribution is -2.60. The van der Waals surface area contributed by atoms with Crippen molar-refractivity contribution in [3.05, 3.63) is 12.2 Å². The van der Waals surface area contributed by atoms with Crippen LogP contribution in [0.2, 0.25) is 0 Å². The summed E-state index contributed by atoms with van der Waals surface area (Å²) < 4.78 is 1.68. The molecular formula is C16H29ClN6O. The zero-order chi connectivity index (χ0) is 16.3. The van der Waals surface area contributed by atoms with Gasteiger partial charge in [-0.3, -0.25) is 4.68 Å². The van der Waals surface area contributed by atoms with Gasteiger partial charge in [-0.25, -0.2) is 9.78 Å². The Hall–Kier alpha value is -1.34. The van der Waals surface area contributed by atoms with Gasteiger partial charge in [0, 0.05) is 38.0 Å². The van der Waals surface area contributed by atoms with Crippen molar-refractivity contribution >= 4 is 18.4 Å². The van der Waals surface area contributed by atoms with Gasteiger partial charge in [-0.1, -0.05) is 6.42 Å². The number of aryl methyl sites for hydroxylation is 1. The van der Waals surface area contributed by atoms with E-state index in [0.717, 1.165) is 38.1 Å². The molecule has 1 saturated carbocycles. The molecule has 136 valence electrons. The molecule has 1 aliphatic heterocycles. The second kappa shape index (κ2) is 8.16. The highest BCUT2D eigenvalue weighted by Crippen LogP contribution is 2.47. The standard InChI is InChI=1S/C16H28N6O.ClH/c1-21-12-19-14(20-21)6-9-18-15(23)22-10-3-2-5-13(22)16(11-17)7-4-8-16;/h12-13H,2-11,17H2,1H3,(H,18,23);1H. The lowest BCUT2D eigenvalue weighted by atomic mass is 9.62. The molecule has 0 aromatic carbocycles. The summed E-state index contributed by atoms with van der Waals surface area (Å²) >= 11 is 0. The monoisotopic (exact) mass is 356 g/mol. The highest BCUT2D eigenvalue weighted by Gasteiger charge is 2.47. The van der Waals surface area contributed by atoms with Gasteiger partial charge in [0.25, 0.3) is 0 Å². The summed E-state index contributed by atoms with van der Waals surface area (Å²) in [4.78, 5) is 18.9. The van der Waals surface area contributed by atoms with Crippen LogP contribution in [0.1, 0.15) is 44.3 Å². The van der Waals surface area contributed by atoms with Crippen molar-refractivity contribution in [1.82, 2.24) is 25.0 Å². The summed E-state index contributed by atoms with van der Waals surface area (Å²) in [5, 5.41) is 7.28. The minimum atomic E-state index is 0. The summed E-state index contributed by atoms with van der Waals surface area (Å²) in [7, 11) is 1.85. The number of hydrogen-bond acceptors (Lipinski definition) is 4. The van der Waals surface area contributed by atoms with E-state index in [2.05, 4.69) is 15.4 Å². The maximum atomic E-state index is 12.6. The topological polar surface area (TPSA) is 89.1 Å². The third-order valence-electron chi connectivity index (χ3n) is 5.50. The van der Waals surface area contributed by atoms with E-state index in [1.807, 2.05) is 11.9 Å². The number of piperidine rings is 1. The molecule has 24 heavy (non-hydrogen) atoms. The maximum Gasteiger partial charge on any atom is 0.317 e. The molecule has 7 nitrogen and oxygen atoms in total. The van der Waals surface area contributed by atoms with Gasteiger partial charge in [0.2, 0.25) is 0 Å². The van der Waals surface area contributed by atoms with Crippen LogP contribution in [0.25, 0.3) is 0 Å². The largest absolute Gasteiger partial charge is 0.338 e. The van der Waals surface area contributed by atoms with Gasteiger partial charge in [-0.2, -0.15) is 5.10 Å². The summed E-state index contributed by atoms with van der Waals surface area (Å²) in [6.07, 6.45) is 9.29. The molecular weight excluding hydrogens is 328 g/mol. The van der Waals surface area contributed by atoms with Gasteiger partial charge in [0.15, 0.2) is 5.82 Å². The van der Waals surface area contributed by atoms with Crippen LogP contribution in [-0.4, -0.2) is 51.4 Å². The summed E-state index contributed by atoms with van der Waals surface area (Å²) in [5.74, 6) is 0.764. The molecule has 1 aromatic rings. The average molecular weight is 357 g/mol. The molecule has 3 rings (SSSR count). The van der Waals surface area contributed by atoms with E-state index >= 15 is 0 Å². The van der Waals surface area contributed by atoms with E-state index in [1.165, 1.54) is 12.8 Å². The molecule has 3 N–H and O–H groups in total. The van der Waals surface area contributed by atoms with Crippen LogP contribution in [0.3, 0.4) is 0 Å². The Labute approximate surface area is 149 Å². The van der Waals surface area contributed by atoms with Crippen LogP contribution >= 0.6 is 12.4 Å². The first-order valence-corrected chi connectivity index (χ1v) is 8.74. The van der Waals surface area contributed by atoms with E-state index < -0.39 is 0 Å². The predicted octanol–water partition coefficient (Wildman–Crippen LogP) is 1.47. The van der Waals surface area contributed by atoms with E-state index in [9.17, 15) is 4.79 Å². The van der Waals surface area contributed by atoms with Crippen LogP contribution in [-0.2, 0) is 13.5 Å². The van der Waals surface area contributed by atoms with Crippen LogP contribution in [0.4, 0.5) is 4.79 Å². The maximum absolute atomic E-state index is 12.6. The molecule has 1 atom stereocenters. The minimum absolute atomic E-state index is 0. The first-order chi connectivity index (χ1) is 11.1. The normalized spacial score (nSPS) is 22.4. The highest BCUT2D eigenvalue weighted by molar-refractivity contribution is 5.85. The van der Waals surface area contributed by atoms with Crippen molar-refractivity contribution in [2.24, 2.45) is 18.2 Å². The van der Waals surface area contributed by atoms with Gasteiger partial charge in [0.1, 0.15) is 6.33 Å². The number of urea groups is 1. The first-order valence-electron chi connectivity index (χ1n) is 8.74. The first kappa shape index (κ1) is 19.0. The van der Waals surface area contributed by atoms with Gasteiger partial charge in [-0.05, 0) is 38.6 Å². The molecule has 1 saturated heterocycles. The zero-order valence-electron chi connectivity index (χ0n) is 14.4. The molecule has 2 aliphatic rings. The smallest absolute Gasteiger partial charge is 0.317 e. The van der Waals surface area contributed by atoms with Crippen LogP contribution in [0.5, 0.6) is 0 Å². The van der Waals surface area contributed by atoms with Crippen LogP contribution in [0, 0.1) is 5.41 Å². The lowest BCUT2D eigenvalue weighted by Gasteiger charge is -2.53. The molecule has 0 radical (unpaired) electrons. The lowest BCUT2D eigenvalue weighted by molar-refractivity contribution is 0.00436. The van der Waals surface area contributed by atoms with Crippen molar-refractivity contribution < 1.29 is 4.79 Å². The predicted molar refractivity (Wildman–Crippen MR) is 95.0 cm³/mol. The number of hydrogen-bond donors (Lipinski definition) is 2. The van der Waals surface area contributed by atoms with E-state index in [4.69, 9.17) is 5.73 Å². The van der Waals surface area contributed by atoms with Crippen molar-refractivity contribution in [1.29, 1.82) is 0 Å². The van der Waals surface area contributed by atoms with E-state index in [-0.39, 0.29) is 23.9 Å². The summed E-state index contributed by atoms with van der Waals surface area (Å²) in [6.45, 7) is 2.11. The average Bonchev–Trinajstić information content (AvgIpc) is 2.93. The van der Waals surface area contributed by atoms with Crippen LogP contribution in [0.15, 0.2) is 6.33 Å². The molecule has 1 aromatic heterocycles. The fourth-order valence-electron chi connectivity index (χ4n) is 4.00. The van der Waals surface area contributed by atoms with Crippen molar-refractivity contribution in [3.63, 3.8) is 0 Å². The molecule has 1 unspecified atom stereocenters.